The Kier molecular flexibility index (Phi) is 9.33. The van der Waals surface area contributed by atoms with Crippen molar-refractivity contribution in [2.45, 2.75) is 12.4 Å². The van der Waals surface area contributed by atoms with Crippen LogP contribution in [0.15, 0.2) is 60.9 Å². The zero-order chi connectivity index (χ0) is 31.2. The Morgan fingerprint density at radius 2 is 1.67 bits per heavy atom. The van der Waals surface area contributed by atoms with Gasteiger partial charge in [-0.25, -0.2) is 14.6 Å². The van der Waals surface area contributed by atoms with Crippen molar-refractivity contribution in [2.24, 2.45) is 0 Å². The number of nitrogens with zero attached hydrogens (tertiary/aromatic N) is 5. The molecular formula is C26H24F6N8O3. The maximum Gasteiger partial charge on any atom is 0.490 e. The SMILES string of the molecule is O=C(NCC(F)(F)F)Nc1cccc(-c2cnc3cc(-c4ccc(N5CCNCC5)nn4)ccn23)c1.O=C(O)C(F)(F)F. The van der Waals surface area contributed by atoms with E-state index in [0.29, 0.717) is 11.3 Å². The molecule has 1 aromatic carbocycles. The van der Waals surface area contributed by atoms with Crippen molar-refractivity contribution in [3.05, 3.63) is 60.9 Å². The Labute approximate surface area is 239 Å². The summed E-state index contributed by atoms with van der Waals surface area (Å²) in [6.07, 6.45) is -6.00. The van der Waals surface area contributed by atoms with E-state index in [1.54, 1.807) is 29.7 Å². The number of imidazole rings is 1. The highest BCUT2D eigenvalue weighted by atomic mass is 19.4. The average molecular weight is 611 g/mol. The third-order valence-electron chi connectivity index (χ3n) is 6.01. The first-order valence-corrected chi connectivity index (χ1v) is 12.6. The minimum atomic E-state index is -5.08. The maximum absolute atomic E-state index is 12.3. The molecule has 4 aromatic rings. The molecule has 1 saturated heterocycles. The largest absolute Gasteiger partial charge is 0.490 e. The van der Waals surface area contributed by atoms with Gasteiger partial charge in [0.05, 0.1) is 17.6 Å². The third kappa shape index (κ3) is 8.54. The Morgan fingerprint density at radius 3 is 2.30 bits per heavy atom. The summed E-state index contributed by atoms with van der Waals surface area (Å²) < 4.78 is 70.6. The smallest absolute Gasteiger partial charge is 0.475 e. The third-order valence-corrected chi connectivity index (χ3v) is 6.01. The van der Waals surface area contributed by atoms with Crippen LogP contribution in [0.1, 0.15) is 0 Å². The summed E-state index contributed by atoms with van der Waals surface area (Å²) in [5.74, 6) is -1.91. The van der Waals surface area contributed by atoms with E-state index in [1.807, 2.05) is 40.9 Å². The number of alkyl halides is 6. The summed E-state index contributed by atoms with van der Waals surface area (Å²) in [5, 5.41) is 23.4. The summed E-state index contributed by atoms with van der Waals surface area (Å²) in [7, 11) is 0. The van der Waals surface area contributed by atoms with Gasteiger partial charge in [0.15, 0.2) is 5.82 Å². The van der Waals surface area contributed by atoms with E-state index in [1.165, 1.54) is 0 Å². The van der Waals surface area contributed by atoms with Gasteiger partial charge in [0.2, 0.25) is 0 Å². The number of aliphatic carboxylic acids is 1. The summed E-state index contributed by atoms with van der Waals surface area (Å²) in [5.41, 5.74) is 4.16. The Morgan fingerprint density at radius 1 is 0.953 bits per heavy atom. The fraction of sp³-hybridized carbons (Fsp3) is 0.269. The number of anilines is 2. The van der Waals surface area contributed by atoms with Crippen LogP contribution in [0.2, 0.25) is 0 Å². The van der Waals surface area contributed by atoms with E-state index in [-0.39, 0.29) is 0 Å². The first kappa shape index (κ1) is 31.0. The molecule has 0 spiro atoms. The van der Waals surface area contributed by atoms with Crippen molar-refractivity contribution in [3.8, 4) is 22.5 Å². The normalized spacial score (nSPS) is 13.7. The molecule has 43 heavy (non-hydrogen) atoms. The molecule has 17 heteroatoms. The van der Waals surface area contributed by atoms with E-state index < -0.39 is 30.9 Å². The topological polar surface area (TPSA) is 137 Å². The Balaban J connectivity index is 0.000000541. The number of fused-ring (bicyclic) bond motifs is 1. The number of piperazine rings is 1. The highest BCUT2D eigenvalue weighted by molar-refractivity contribution is 5.90. The number of halogens is 6. The number of benzene rings is 1. The number of carboxylic acids is 1. The Bertz CT molecular complexity index is 1570. The van der Waals surface area contributed by atoms with Gasteiger partial charge in [-0.1, -0.05) is 12.1 Å². The predicted molar refractivity (Wildman–Crippen MR) is 144 cm³/mol. The molecular weight excluding hydrogens is 586 g/mol. The second kappa shape index (κ2) is 12.9. The molecule has 3 aromatic heterocycles. The van der Waals surface area contributed by atoms with Gasteiger partial charge >= 0.3 is 24.4 Å². The zero-order valence-electron chi connectivity index (χ0n) is 22.1. The van der Waals surface area contributed by atoms with E-state index >= 15 is 0 Å². The number of aromatic nitrogens is 4. The van der Waals surface area contributed by atoms with Crippen LogP contribution in [0.5, 0.6) is 0 Å². The first-order chi connectivity index (χ1) is 20.3. The molecule has 4 heterocycles. The van der Waals surface area contributed by atoms with Crippen LogP contribution >= 0.6 is 0 Å². The van der Waals surface area contributed by atoms with Crippen LogP contribution in [0, 0.1) is 0 Å². The van der Waals surface area contributed by atoms with Gasteiger partial charge < -0.3 is 26.0 Å². The minimum absolute atomic E-state index is 0.360. The molecule has 4 N–H and O–H groups in total. The number of carbonyl (C=O) groups is 2. The molecule has 5 rings (SSSR count). The molecule has 11 nitrogen and oxygen atoms in total. The van der Waals surface area contributed by atoms with Crippen LogP contribution in [-0.2, 0) is 4.79 Å². The number of carbonyl (C=O) groups excluding carboxylic acids is 1. The fourth-order valence-corrected chi connectivity index (χ4v) is 4.01. The van der Waals surface area contributed by atoms with Gasteiger partial charge in [-0.15, -0.1) is 10.2 Å². The van der Waals surface area contributed by atoms with Crippen molar-refractivity contribution in [1.29, 1.82) is 0 Å². The number of nitrogens with one attached hydrogen (secondary N) is 3. The highest BCUT2D eigenvalue weighted by Crippen LogP contribution is 2.27. The molecule has 1 aliphatic rings. The molecule has 0 aliphatic carbocycles. The van der Waals surface area contributed by atoms with Crippen LogP contribution in [0.3, 0.4) is 0 Å². The minimum Gasteiger partial charge on any atom is -0.475 e. The molecule has 0 atom stereocenters. The number of hydrogen-bond acceptors (Lipinski definition) is 7. The second-order valence-corrected chi connectivity index (χ2v) is 9.11. The van der Waals surface area contributed by atoms with Crippen LogP contribution < -0.4 is 20.9 Å². The monoisotopic (exact) mass is 610 g/mol. The fourth-order valence-electron chi connectivity index (χ4n) is 4.01. The molecule has 0 saturated carbocycles. The lowest BCUT2D eigenvalue weighted by Gasteiger charge is -2.27. The summed E-state index contributed by atoms with van der Waals surface area (Å²) in [6, 6.07) is 13.6. The van der Waals surface area contributed by atoms with Gasteiger partial charge in [-0.2, -0.15) is 26.3 Å². The van der Waals surface area contributed by atoms with Crippen molar-refractivity contribution in [3.63, 3.8) is 0 Å². The van der Waals surface area contributed by atoms with Crippen molar-refractivity contribution in [2.75, 3.05) is 42.9 Å². The van der Waals surface area contributed by atoms with Gasteiger partial charge in [-0.05, 0) is 36.4 Å². The molecule has 0 unspecified atom stereocenters. The molecule has 2 amide bonds. The van der Waals surface area contributed by atoms with E-state index in [0.717, 1.165) is 54.5 Å². The zero-order valence-corrected chi connectivity index (χ0v) is 22.1. The number of hydrogen-bond donors (Lipinski definition) is 4. The molecule has 0 radical (unpaired) electrons. The van der Waals surface area contributed by atoms with Gasteiger partial charge in [0, 0.05) is 49.2 Å². The van der Waals surface area contributed by atoms with Crippen LogP contribution in [-0.4, -0.2) is 81.8 Å². The van der Waals surface area contributed by atoms with Gasteiger partial charge in [0.25, 0.3) is 0 Å². The van der Waals surface area contributed by atoms with E-state index in [4.69, 9.17) is 9.90 Å². The molecule has 1 fully saturated rings. The van der Waals surface area contributed by atoms with E-state index in [9.17, 15) is 31.1 Å². The second-order valence-electron chi connectivity index (χ2n) is 9.11. The number of rotatable bonds is 5. The lowest BCUT2D eigenvalue weighted by molar-refractivity contribution is -0.192. The Hall–Kier alpha value is -4.93. The summed E-state index contributed by atoms with van der Waals surface area (Å²) >= 11 is 0. The first-order valence-electron chi connectivity index (χ1n) is 12.6. The quantitative estimate of drug-likeness (QED) is 0.247. The molecule has 1 aliphatic heterocycles. The van der Waals surface area contributed by atoms with Gasteiger partial charge in [0.1, 0.15) is 12.2 Å². The maximum atomic E-state index is 12.3. The number of carboxylic acid groups (broad SMARTS) is 1. The van der Waals surface area contributed by atoms with Crippen LogP contribution in [0.4, 0.5) is 42.6 Å². The van der Waals surface area contributed by atoms with Crippen molar-refractivity contribution < 1.29 is 41.0 Å². The summed E-state index contributed by atoms with van der Waals surface area (Å²) in [4.78, 5) is 27.4. The van der Waals surface area contributed by atoms with E-state index in [2.05, 4.69) is 30.7 Å². The predicted octanol–water partition coefficient (Wildman–Crippen LogP) is 4.19. The number of amides is 2. The number of urea groups is 1. The lowest BCUT2D eigenvalue weighted by atomic mass is 10.1. The standard InChI is InChI=1S/C24H23F3N8O.C2HF3O2/c25-24(26,27)15-30-23(36)31-18-3-1-2-17(12-18)20-14-29-22-13-16(6-9-35(20)22)19-4-5-21(33-32-19)34-10-7-28-8-11-34;3-2(4,5)1(6)7/h1-6,9,12-14,28H,7-8,10-11,15H2,(H2,30,31,36);(H,6,7). The van der Waals surface area contributed by atoms with Crippen LogP contribution in [0.25, 0.3) is 28.2 Å². The highest BCUT2D eigenvalue weighted by Gasteiger charge is 2.38. The number of pyridine rings is 1. The molecule has 228 valence electrons. The van der Waals surface area contributed by atoms with Crippen molar-refractivity contribution >= 4 is 29.2 Å². The lowest BCUT2D eigenvalue weighted by Crippen LogP contribution is -2.43. The molecule has 0 bridgehead atoms. The summed E-state index contributed by atoms with van der Waals surface area (Å²) in [6.45, 7) is 2.23. The average Bonchev–Trinajstić information content (AvgIpc) is 3.40. The van der Waals surface area contributed by atoms with Crippen molar-refractivity contribution in [1.82, 2.24) is 30.2 Å². The van der Waals surface area contributed by atoms with Gasteiger partial charge in [-0.3, -0.25) is 4.40 Å².